The molecule has 0 unspecified atom stereocenters. The summed E-state index contributed by atoms with van der Waals surface area (Å²) in [6, 6.07) is 19.3. The van der Waals surface area contributed by atoms with Crippen LogP contribution in [0.4, 0.5) is 10.1 Å². The van der Waals surface area contributed by atoms with Crippen LogP contribution in [0.25, 0.3) is 5.69 Å². The molecule has 0 saturated heterocycles. The summed E-state index contributed by atoms with van der Waals surface area (Å²) in [6.45, 7) is 3.88. The molecule has 0 aliphatic heterocycles. The molecule has 0 spiro atoms. The molecule has 4 aromatic rings. The van der Waals surface area contributed by atoms with E-state index in [9.17, 15) is 14.0 Å². The number of halogens is 2. The van der Waals surface area contributed by atoms with E-state index in [2.05, 4.69) is 20.8 Å². The molecule has 7 nitrogen and oxygen atoms in total. The monoisotopic (exact) mass is 523 g/mol. The van der Waals surface area contributed by atoms with Gasteiger partial charge >= 0.3 is 0 Å². The van der Waals surface area contributed by atoms with Gasteiger partial charge in [-0.25, -0.2) is 4.39 Å². The highest BCUT2D eigenvalue weighted by Gasteiger charge is 2.19. The van der Waals surface area contributed by atoms with Crippen molar-refractivity contribution in [3.8, 4) is 5.69 Å². The zero-order valence-electron chi connectivity index (χ0n) is 19.6. The maximum Gasteiger partial charge on any atom is 0.256 e. The number of amides is 2. The Bertz CT molecular complexity index is 1400. The van der Waals surface area contributed by atoms with Gasteiger partial charge in [-0.15, -0.1) is 10.2 Å². The van der Waals surface area contributed by atoms with Gasteiger partial charge in [0.2, 0.25) is 5.91 Å². The number of carbonyl (C=O) groups is 2. The minimum absolute atomic E-state index is 0.0171. The molecular weight excluding hydrogens is 501 g/mol. The molecule has 10 heteroatoms. The molecule has 2 N–H and O–H groups in total. The van der Waals surface area contributed by atoms with E-state index < -0.39 is 11.7 Å². The second kappa shape index (κ2) is 11.4. The Balaban J connectivity index is 1.53. The van der Waals surface area contributed by atoms with E-state index in [1.165, 1.54) is 30.0 Å². The van der Waals surface area contributed by atoms with Crippen LogP contribution in [0, 0.1) is 19.7 Å². The molecule has 1 aromatic heterocycles. The molecule has 0 aliphatic rings. The highest BCUT2D eigenvalue weighted by atomic mass is 35.5. The fraction of sp³-hybridized carbons (Fsp3) is 0.154. The first-order valence-corrected chi connectivity index (χ1v) is 12.4. The number of anilines is 1. The smallest absolute Gasteiger partial charge is 0.256 e. The lowest BCUT2D eigenvalue weighted by Crippen LogP contribution is -2.26. The SMILES string of the molecule is Cc1cccc(NC(=O)CSc2nnc(CNC(=O)c3c(F)cccc3Cl)n2-c2cccc(C)c2)c1. The molecular formula is C26H23ClFN5O2S. The summed E-state index contributed by atoms with van der Waals surface area (Å²) in [6.07, 6.45) is 0. The first-order chi connectivity index (χ1) is 17.3. The number of benzene rings is 3. The number of nitrogens with one attached hydrogen (secondary N) is 2. The molecule has 184 valence electrons. The van der Waals surface area contributed by atoms with Crippen LogP contribution >= 0.6 is 23.4 Å². The number of thioether (sulfide) groups is 1. The highest BCUT2D eigenvalue weighted by molar-refractivity contribution is 7.99. The number of hydrogen-bond donors (Lipinski definition) is 2. The zero-order valence-corrected chi connectivity index (χ0v) is 21.2. The van der Waals surface area contributed by atoms with Gasteiger partial charge in [0.25, 0.3) is 5.91 Å². The van der Waals surface area contributed by atoms with Gasteiger partial charge in [-0.2, -0.15) is 0 Å². The Morgan fingerprint density at radius 1 is 1.00 bits per heavy atom. The lowest BCUT2D eigenvalue weighted by molar-refractivity contribution is -0.113. The van der Waals surface area contributed by atoms with Crippen LogP contribution in [-0.4, -0.2) is 32.3 Å². The summed E-state index contributed by atoms with van der Waals surface area (Å²) in [5.74, 6) is -1.04. The first kappa shape index (κ1) is 25.4. The molecule has 0 atom stereocenters. The van der Waals surface area contributed by atoms with E-state index >= 15 is 0 Å². The van der Waals surface area contributed by atoms with Crippen LogP contribution < -0.4 is 10.6 Å². The molecule has 36 heavy (non-hydrogen) atoms. The maximum absolute atomic E-state index is 14.2. The largest absolute Gasteiger partial charge is 0.345 e. The first-order valence-electron chi connectivity index (χ1n) is 11.0. The van der Waals surface area contributed by atoms with E-state index in [4.69, 9.17) is 11.6 Å². The quantitative estimate of drug-likeness (QED) is 0.304. The van der Waals surface area contributed by atoms with Gasteiger partial charge in [-0.3, -0.25) is 14.2 Å². The summed E-state index contributed by atoms with van der Waals surface area (Å²) in [5.41, 5.74) is 3.32. The summed E-state index contributed by atoms with van der Waals surface area (Å²) in [5, 5.41) is 14.5. The van der Waals surface area contributed by atoms with Crippen LogP contribution in [0.3, 0.4) is 0 Å². The molecule has 0 radical (unpaired) electrons. The van der Waals surface area contributed by atoms with Gasteiger partial charge in [-0.05, 0) is 61.4 Å². The van der Waals surface area contributed by atoms with Gasteiger partial charge in [0.1, 0.15) is 5.82 Å². The molecule has 1 heterocycles. The van der Waals surface area contributed by atoms with Crippen molar-refractivity contribution in [1.82, 2.24) is 20.1 Å². The van der Waals surface area contributed by atoms with Crippen molar-refractivity contribution in [3.63, 3.8) is 0 Å². The number of nitrogens with zero attached hydrogens (tertiary/aromatic N) is 3. The fourth-order valence-electron chi connectivity index (χ4n) is 3.55. The van der Waals surface area contributed by atoms with Crippen LogP contribution in [-0.2, 0) is 11.3 Å². The van der Waals surface area contributed by atoms with E-state index in [1.54, 1.807) is 4.57 Å². The minimum Gasteiger partial charge on any atom is -0.345 e. The Labute approximate surface area is 217 Å². The van der Waals surface area contributed by atoms with Gasteiger partial charge in [-0.1, -0.05) is 53.7 Å². The molecule has 0 bridgehead atoms. The van der Waals surface area contributed by atoms with E-state index in [1.807, 2.05) is 62.4 Å². The van der Waals surface area contributed by atoms with Crippen molar-refractivity contribution in [2.24, 2.45) is 0 Å². The Morgan fingerprint density at radius 2 is 1.72 bits per heavy atom. The summed E-state index contributed by atoms with van der Waals surface area (Å²) >= 11 is 7.24. The second-order valence-corrected chi connectivity index (χ2v) is 9.41. The summed E-state index contributed by atoms with van der Waals surface area (Å²) < 4.78 is 15.9. The van der Waals surface area contributed by atoms with Crippen molar-refractivity contribution < 1.29 is 14.0 Å². The van der Waals surface area contributed by atoms with Crippen LogP contribution in [0.5, 0.6) is 0 Å². The van der Waals surface area contributed by atoms with Crippen LogP contribution in [0.2, 0.25) is 5.02 Å². The lowest BCUT2D eigenvalue weighted by atomic mass is 10.2. The third-order valence-electron chi connectivity index (χ3n) is 5.19. The highest BCUT2D eigenvalue weighted by Crippen LogP contribution is 2.24. The van der Waals surface area contributed by atoms with Crippen molar-refractivity contribution in [3.05, 3.63) is 100 Å². The van der Waals surface area contributed by atoms with Crippen molar-refractivity contribution in [2.45, 2.75) is 25.5 Å². The zero-order chi connectivity index (χ0) is 25.7. The standard InChI is InChI=1S/C26H23ClFN5O2S/c1-16-6-3-8-18(12-16)30-23(34)15-36-26-32-31-22(33(26)19-9-4-7-17(2)13-19)14-29-25(35)24-20(27)10-5-11-21(24)28/h3-13H,14-15H2,1-2H3,(H,29,35)(H,30,34). The van der Waals surface area contributed by atoms with E-state index in [-0.39, 0.29) is 28.8 Å². The Morgan fingerprint density at radius 3 is 2.44 bits per heavy atom. The molecule has 0 aliphatic carbocycles. The maximum atomic E-state index is 14.2. The number of aromatic nitrogens is 3. The number of hydrogen-bond acceptors (Lipinski definition) is 5. The van der Waals surface area contributed by atoms with E-state index in [0.29, 0.717) is 11.0 Å². The summed E-state index contributed by atoms with van der Waals surface area (Å²) in [7, 11) is 0. The normalized spacial score (nSPS) is 10.8. The Hall–Kier alpha value is -3.69. The molecule has 0 saturated carbocycles. The summed E-state index contributed by atoms with van der Waals surface area (Å²) in [4.78, 5) is 25.2. The number of rotatable bonds is 8. The van der Waals surface area contributed by atoms with Gasteiger partial charge in [0.15, 0.2) is 11.0 Å². The second-order valence-electron chi connectivity index (χ2n) is 8.06. The van der Waals surface area contributed by atoms with Crippen molar-refractivity contribution in [1.29, 1.82) is 0 Å². The third kappa shape index (κ3) is 6.10. The Kier molecular flexibility index (Phi) is 8.02. The molecule has 0 fully saturated rings. The molecule has 3 aromatic carbocycles. The van der Waals surface area contributed by atoms with Gasteiger partial charge in [0, 0.05) is 11.4 Å². The number of carbonyl (C=O) groups excluding carboxylic acids is 2. The van der Waals surface area contributed by atoms with Crippen molar-refractivity contribution in [2.75, 3.05) is 11.1 Å². The predicted molar refractivity (Wildman–Crippen MR) is 139 cm³/mol. The third-order valence-corrected chi connectivity index (χ3v) is 6.44. The average molecular weight is 524 g/mol. The van der Waals surface area contributed by atoms with Crippen molar-refractivity contribution >= 4 is 40.9 Å². The van der Waals surface area contributed by atoms with Gasteiger partial charge < -0.3 is 10.6 Å². The average Bonchev–Trinajstić information content (AvgIpc) is 3.24. The van der Waals surface area contributed by atoms with Crippen LogP contribution in [0.1, 0.15) is 27.3 Å². The molecule has 2 amide bonds. The topological polar surface area (TPSA) is 88.9 Å². The predicted octanol–water partition coefficient (Wildman–Crippen LogP) is 5.34. The molecule has 4 rings (SSSR count). The van der Waals surface area contributed by atoms with Gasteiger partial charge in [0.05, 0.1) is 22.9 Å². The lowest BCUT2D eigenvalue weighted by Gasteiger charge is -2.12. The van der Waals surface area contributed by atoms with E-state index in [0.717, 1.165) is 22.5 Å². The van der Waals surface area contributed by atoms with Crippen LogP contribution in [0.15, 0.2) is 71.9 Å². The fourth-order valence-corrected chi connectivity index (χ4v) is 4.57. The minimum atomic E-state index is -0.712. The number of aryl methyl sites for hydroxylation is 2.